The van der Waals surface area contributed by atoms with Gasteiger partial charge in [-0.1, -0.05) is 5.16 Å². The topological polar surface area (TPSA) is 99.2 Å². The molecule has 8 nitrogen and oxygen atoms in total. The predicted molar refractivity (Wildman–Crippen MR) is 89.1 cm³/mol. The molecule has 0 saturated heterocycles. The number of hydrogen-bond acceptors (Lipinski definition) is 6. The molecule has 25 heavy (non-hydrogen) atoms. The van der Waals surface area contributed by atoms with E-state index in [1.54, 1.807) is 13.2 Å². The van der Waals surface area contributed by atoms with Crippen molar-refractivity contribution >= 4 is 5.91 Å². The predicted octanol–water partition coefficient (Wildman–Crippen LogP) is 1.37. The Morgan fingerprint density at radius 3 is 2.68 bits per heavy atom. The van der Waals surface area contributed by atoms with Gasteiger partial charge in [0.15, 0.2) is 5.76 Å². The Hall–Kier alpha value is -3.42. The number of ether oxygens (including phenoxy) is 1. The Balaban J connectivity index is 1.65. The third kappa shape index (κ3) is 3.74. The molecule has 3 aromatic rings. The van der Waals surface area contributed by atoms with Crippen LogP contribution in [0.5, 0.6) is 5.75 Å². The van der Waals surface area contributed by atoms with Crippen LogP contribution in [0.15, 0.2) is 51.8 Å². The van der Waals surface area contributed by atoms with Gasteiger partial charge in [0.05, 0.1) is 13.7 Å². The van der Waals surface area contributed by atoms with Gasteiger partial charge in [0.25, 0.3) is 11.5 Å². The van der Waals surface area contributed by atoms with Gasteiger partial charge in [0.2, 0.25) is 0 Å². The first-order chi connectivity index (χ1) is 12.1. The lowest BCUT2D eigenvalue weighted by Crippen LogP contribution is -2.28. The first-order valence-electron chi connectivity index (χ1n) is 7.49. The van der Waals surface area contributed by atoms with E-state index in [-0.39, 0.29) is 17.8 Å². The molecule has 0 fully saturated rings. The van der Waals surface area contributed by atoms with Gasteiger partial charge < -0.3 is 14.6 Å². The van der Waals surface area contributed by atoms with Crippen molar-refractivity contribution in [1.29, 1.82) is 0 Å². The fraction of sp³-hybridized carbons (Fsp3) is 0.176. The van der Waals surface area contributed by atoms with E-state index in [1.807, 2.05) is 24.3 Å². The van der Waals surface area contributed by atoms with Gasteiger partial charge >= 0.3 is 0 Å². The second-order valence-corrected chi connectivity index (χ2v) is 5.27. The minimum Gasteiger partial charge on any atom is -0.497 e. The van der Waals surface area contributed by atoms with Gasteiger partial charge in [0.1, 0.15) is 17.1 Å². The van der Waals surface area contributed by atoms with Crippen molar-refractivity contribution < 1.29 is 14.1 Å². The van der Waals surface area contributed by atoms with E-state index in [9.17, 15) is 9.59 Å². The molecule has 0 saturated carbocycles. The summed E-state index contributed by atoms with van der Waals surface area (Å²) < 4.78 is 11.5. The minimum atomic E-state index is -0.399. The third-order valence-corrected chi connectivity index (χ3v) is 3.56. The van der Waals surface area contributed by atoms with Crippen molar-refractivity contribution in [2.24, 2.45) is 7.05 Å². The van der Waals surface area contributed by atoms with E-state index in [1.165, 1.54) is 19.2 Å². The molecule has 0 unspecified atom stereocenters. The van der Waals surface area contributed by atoms with Crippen LogP contribution in [0.1, 0.15) is 16.2 Å². The molecule has 3 rings (SSSR count). The summed E-state index contributed by atoms with van der Waals surface area (Å²) in [5.74, 6) is 0.942. The molecule has 0 aliphatic rings. The molecule has 1 aromatic carbocycles. The zero-order chi connectivity index (χ0) is 17.8. The molecule has 1 N–H and O–H groups in total. The molecular weight excluding hydrogens is 324 g/mol. The number of methoxy groups -OCH3 is 1. The normalized spacial score (nSPS) is 10.5. The molecule has 2 aromatic heterocycles. The first kappa shape index (κ1) is 16.4. The van der Waals surface area contributed by atoms with Gasteiger partial charge in [0, 0.05) is 24.7 Å². The molecule has 0 bridgehead atoms. The number of aromatic nitrogens is 3. The summed E-state index contributed by atoms with van der Waals surface area (Å²) in [7, 11) is 3.08. The molecular formula is C17H16N4O4. The van der Waals surface area contributed by atoms with Crippen LogP contribution >= 0.6 is 0 Å². The lowest BCUT2D eigenvalue weighted by molar-refractivity contribution is 0.0942. The summed E-state index contributed by atoms with van der Waals surface area (Å²) in [4.78, 5) is 23.4. The van der Waals surface area contributed by atoms with Crippen molar-refractivity contribution in [2.75, 3.05) is 7.11 Å². The maximum atomic E-state index is 12.1. The summed E-state index contributed by atoms with van der Waals surface area (Å²) in [6.45, 7) is 0.184. The van der Waals surface area contributed by atoms with Crippen LogP contribution in [0.2, 0.25) is 0 Å². The second kappa shape index (κ2) is 7.00. The maximum Gasteiger partial charge on any atom is 0.272 e. The van der Waals surface area contributed by atoms with E-state index in [4.69, 9.17) is 9.26 Å². The third-order valence-electron chi connectivity index (χ3n) is 3.56. The van der Waals surface area contributed by atoms with Crippen LogP contribution in [0.4, 0.5) is 0 Å². The van der Waals surface area contributed by atoms with Crippen LogP contribution in [0.25, 0.3) is 11.3 Å². The van der Waals surface area contributed by atoms with Crippen molar-refractivity contribution in [3.8, 4) is 17.1 Å². The quantitative estimate of drug-likeness (QED) is 0.753. The maximum absolute atomic E-state index is 12.1. The smallest absolute Gasteiger partial charge is 0.272 e. The number of amides is 1. The van der Waals surface area contributed by atoms with Crippen molar-refractivity contribution in [2.45, 2.75) is 6.54 Å². The van der Waals surface area contributed by atoms with E-state index in [0.717, 1.165) is 16.0 Å². The van der Waals surface area contributed by atoms with Crippen LogP contribution in [-0.4, -0.2) is 28.0 Å². The van der Waals surface area contributed by atoms with Crippen LogP contribution in [0, 0.1) is 0 Å². The van der Waals surface area contributed by atoms with Crippen LogP contribution < -0.4 is 15.6 Å². The number of rotatable bonds is 5. The highest BCUT2D eigenvalue weighted by Gasteiger charge is 2.11. The molecule has 1 amide bonds. The average Bonchev–Trinajstić information content (AvgIpc) is 3.11. The summed E-state index contributed by atoms with van der Waals surface area (Å²) in [5.41, 5.74) is 1.30. The Bertz CT molecular complexity index is 944. The number of benzene rings is 1. The summed E-state index contributed by atoms with van der Waals surface area (Å²) in [6.07, 6.45) is 0. The first-order valence-corrected chi connectivity index (χ1v) is 7.49. The molecule has 128 valence electrons. The van der Waals surface area contributed by atoms with Gasteiger partial charge in [-0.2, -0.15) is 5.10 Å². The highest BCUT2D eigenvalue weighted by molar-refractivity contribution is 5.91. The highest BCUT2D eigenvalue weighted by Crippen LogP contribution is 2.23. The largest absolute Gasteiger partial charge is 0.497 e. The molecule has 0 radical (unpaired) electrons. The Labute approximate surface area is 143 Å². The average molecular weight is 340 g/mol. The number of hydrogen-bond donors (Lipinski definition) is 1. The van der Waals surface area contributed by atoms with Gasteiger partial charge in [-0.25, -0.2) is 4.68 Å². The summed E-state index contributed by atoms with van der Waals surface area (Å²) >= 11 is 0. The van der Waals surface area contributed by atoms with E-state index in [2.05, 4.69) is 15.6 Å². The zero-order valence-corrected chi connectivity index (χ0v) is 13.7. The molecule has 8 heteroatoms. The Kier molecular flexibility index (Phi) is 4.60. The fourth-order valence-electron chi connectivity index (χ4n) is 2.17. The second-order valence-electron chi connectivity index (χ2n) is 5.27. The van der Waals surface area contributed by atoms with Gasteiger partial charge in [-0.3, -0.25) is 9.59 Å². The summed E-state index contributed by atoms with van der Waals surface area (Å²) in [6, 6.07) is 11.8. The van der Waals surface area contributed by atoms with E-state index < -0.39 is 5.91 Å². The summed E-state index contributed by atoms with van der Waals surface area (Å²) in [5, 5.41) is 10.5. The Morgan fingerprint density at radius 2 is 2.00 bits per heavy atom. The number of nitrogens with one attached hydrogen (secondary N) is 1. The highest BCUT2D eigenvalue weighted by atomic mass is 16.5. The number of aryl methyl sites for hydroxylation is 1. The van der Waals surface area contributed by atoms with E-state index >= 15 is 0 Å². The fourth-order valence-corrected chi connectivity index (χ4v) is 2.17. The molecule has 0 atom stereocenters. The van der Waals surface area contributed by atoms with Crippen molar-refractivity contribution in [3.05, 3.63) is 64.2 Å². The van der Waals surface area contributed by atoms with E-state index in [0.29, 0.717) is 11.5 Å². The SMILES string of the molecule is COc1ccc(-c2cc(CNC(=O)c3ccc(=O)n(C)n3)no2)cc1. The molecule has 0 aliphatic heterocycles. The zero-order valence-electron chi connectivity index (χ0n) is 13.7. The van der Waals surface area contributed by atoms with Gasteiger partial charge in [-0.15, -0.1) is 0 Å². The minimum absolute atomic E-state index is 0.154. The van der Waals surface area contributed by atoms with Gasteiger partial charge in [-0.05, 0) is 30.3 Å². The lowest BCUT2D eigenvalue weighted by atomic mass is 10.1. The molecule has 2 heterocycles. The Morgan fingerprint density at radius 1 is 1.24 bits per heavy atom. The monoisotopic (exact) mass is 340 g/mol. The van der Waals surface area contributed by atoms with Crippen LogP contribution in [0.3, 0.4) is 0 Å². The number of nitrogens with zero attached hydrogens (tertiary/aromatic N) is 3. The molecule has 0 aliphatic carbocycles. The van der Waals surface area contributed by atoms with Crippen molar-refractivity contribution in [3.63, 3.8) is 0 Å². The lowest BCUT2D eigenvalue weighted by Gasteiger charge is -2.03. The van der Waals surface area contributed by atoms with Crippen molar-refractivity contribution in [1.82, 2.24) is 20.3 Å². The number of carbonyl (C=O) groups excluding carboxylic acids is 1. The standard InChI is InChI=1S/C17H16N4O4/c1-21-16(22)8-7-14(19-21)17(23)18-10-12-9-15(25-20-12)11-3-5-13(24-2)6-4-11/h3-9H,10H2,1-2H3,(H,18,23). The number of carbonyl (C=O) groups is 1. The van der Waals surface area contributed by atoms with Crippen LogP contribution in [-0.2, 0) is 13.6 Å². The molecule has 0 spiro atoms.